The van der Waals surface area contributed by atoms with Gasteiger partial charge in [0.2, 0.25) is 6.79 Å². The molecule has 0 atom stereocenters. The molecular weight excluding hydrogens is 194 g/mol. The number of nitrogens with two attached hydrogens (primary N) is 1. The third kappa shape index (κ3) is 1.67. The Labute approximate surface area is 87.9 Å². The van der Waals surface area contributed by atoms with Crippen LogP contribution in [0.1, 0.15) is 12.8 Å². The zero-order valence-electron chi connectivity index (χ0n) is 8.36. The Bertz CT molecular complexity index is 388. The zero-order chi connectivity index (χ0) is 10.3. The molecule has 1 aliphatic heterocycles. The number of hydrogen-bond donors (Lipinski definition) is 1. The van der Waals surface area contributed by atoms with Gasteiger partial charge < -0.3 is 19.9 Å². The summed E-state index contributed by atoms with van der Waals surface area (Å²) in [7, 11) is 0. The molecule has 1 heterocycles. The number of hydrogen-bond acceptors (Lipinski definition) is 4. The van der Waals surface area contributed by atoms with E-state index in [9.17, 15) is 0 Å². The molecule has 4 heteroatoms. The Morgan fingerprint density at radius 1 is 1.27 bits per heavy atom. The molecule has 0 amide bonds. The van der Waals surface area contributed by atoms with Gasteiger partial charge in [-0.05, 0) is 18.8 Å². The van der Waals surface area contributed by atoms with E-state index >= 15 is 0 Å². The smallest absolute Gasteiger partial charge is 0.231 e. The highest BCUT2D eigenvalue weighted by Gasteiger charge is 2.23. The van der Waals surface area contributed by atoms with E-state index < -0.39 is 0 Å². The average molecular weight is 207 g/mol. The molecule has 2 N–H and O–H groups in total. The van der Waals surface area contributed by atoms with Crippen molar-refractivity contribution >= 4 is 5.69 Å². The molecular formula is C11H13NO3. The molecule has 1 aromatic rings. The maximum atomic E-state index is 5.84. The Kier molecular flexibility index (Phi) is 1.87. The summed E-state index contributed by atoms with van der Waals surface area (Å²) in [5.41, 5.74) is 6.45. The van der Waals surface area contributed by atoms with Crippen LogP contribution in [0.2, 0.25) is 0 Å². The molecule has 0 bridgehead atoms. The van der Waals surface area contributed by atoms with Gasteiger partial charge in [0.1, 0.15) is 5.75 Å². The SMILES string of the molecule is Nc1cc2c(cc1OCC1CC1)OCO2. The van der Waals surface area contributed by atoms with Crippen molar-refractivity contribution in [2.24, 2.45) is 5.92 Å². The molecule has 1 fully saturated rings. The van der Waals surface area contributed by atoms with Crippen molar-refractivity contribution in [3.05, 3.63) is 12.1 Å². The van der Waals surface area contributed by atoms with E-state index in [1.165, 1.54) is 12.8 Å². The molecule has 0 radical (unpaired) electrons. The molecule has 4 nitrogen and oxygen atoms in total. The van der Waals surface area contributed by atoms with Crippen molar-refractivity contribution < 1.29 is 14.2 Å². The van der Waals surface area contributed by atoms with E-state index in [-0.39, 0.29) is 6.79 Å². The van der Waals surface area contributed by atoms with Crippen molar-refractivity contribution in [1.29, 1.82) is 0 Å². The van der Waals surface area contributed by atoms with Gasteiger partial charge in [0, 0.05) is 12.1 Å². The van der Waals surface area contributed by atoms with Gasteiger partial charge in [-0.25, -0.2) is 0 Å². The second-order valence-electron chi connectivity index (χ2n) is 4.00. The number of ether oxygens (including phenoxy) is 3. The molecule has 2 aliphatic rings. The van der Waals surface area contributed by atoms with Crippen molar-refractivity contribution in [1.82, 2.24) is 0 Å². The van der Waals surface area contributed by atoms with Crippen LogP contribution in [-0.4, -0.2) is 13.4 Å². The molecule has 15 heavy (non-hydrogen) atoms. The summed E-state index contributed by atoms with van der Waals surface area (Å²) < 4.78 is 16.1. The number of fused-ring (bicyclic) bond motifs is 1. The first kappa shape index (κ1) is 8.71. The molecule has 80 valence electrons. The number of benzene rings is 1. The molecule has 0 aromatic heterocycles. The van der Waals surface area contributed by atoms with Crippen LogP contribution in [0.4, 0.5) is 5.69 Å². The lowest BCUT2D eigenvalue weighted by atomic mass is 10.2. The summed E-state index contributed by atoms with van der Waals surface area (Å²) in [5, 5.41) is 0. The van der Waals surface area contributed by atoms with Crippen LogP contribution < -0.4 is 19.9 Å². The standard InChI is InChI=1S/C11H13NO3/c12-8-3-10-11(15-6-14-10)4-9(8)13-5-7-1-2-7/h3-4,7H,1-2,5-6,12H2. The summed E-state index contributed by atoms with van der Waals surface area (Å²) >= 11 is 0. The maximum Gasteiger partial charge on any atom is 0.231 e. The van der Waals surface area contributed by atoms with Crippen LogP contribution in [0.5, 0.6) is 17.2 Å². The minimum Gasteiger partial charge on any atom is -0.491 e. The summed E-state index contributed by atoms with van der Waals surface area (Å²) in [6, 6.07) is 3.56. The second-order valence-corrected chi connectivity index (χ2v) is 4.00. The van der Waals surface area contributed by atoms with Gasteiger partial charge in [0.25, 0.3) is 0 Å². The minimum absolute atomic E-state index is 0.265. The fourth-order valence-corrected chi connectivity index (χ4v) is 1.56. The van der Waals surface area contributed by atoms with E-state index in [2.05, 4.69) is 0 Å². The maximum absolute atomic E-state index is 5.84. The lowest BCUT2D eigenvalue weighted by Crippen LogP contribution is -2.01. The normalized spacial score (nSPS) is 17.9. The van der Waals surface area contributed by atoms with Crippen molar-refractivity contribution in [3.63, 3.8) is 0 Å². The molecule has 0 unspecified atom stereocenters. The third-order valence-electron chi connectivity index (χ3n) is 2.68. The van der Waals surface area contributed by atoms with Crippen LogP contribution in [0.15, 0.2) is 12.1 Å². The highest BCUT2D eigenvalue weighted by Crippen LogP contribution is 2.40. The highest BCUT2D eigenvalue weighted by atomic mass is 16.7. The molecule has 1 saturated carbocycles. The predicted molar refractivity (Wildman–Crippen MR) is 55.2 cm³/mol. The van der Waals surface area contributed by atoms with Crippen LogP contribution in [0.3, 0.4) is 0 Å². The van der Waals surface area contributed by atoms with Crippen LogP contribution in [-0.2, 0) is 0 Å². The fraction of sp³-hybridized carbons (Fsp3) is 0.455. The van der Waals surface area contributed by atoms with E-state index in [0.717, 1.165) is 18.3 Å². The Balaban J connectivity index is 1.80. The van der Waals surface area contributed by atoms with Crippen molar-refractivity contribution in [2.45, 2.75) is 12.8 Å². The van der Waals surface area contributed by atoms with Gasteiger partial charge in [-0.2, -0.15) is 0 Å². The van der Waals surface area contributed by atoms with Crippen LogP contribution in [0.25, 0.3) is 0 Å². The van der Waals surface area contributed by atoms with Crippen molar-refractivity contribution in [3.8, 4) is 17.2 Å². The summed E-state index contributed by atoms with van der Waals surface area (Å²) in [5.74, 6) is 2.84. The van der Waals surface area contributed by atoms with E-state index in [4.69, 9.17) is 19.9 Å². The van der Waals surface area contributed by atoms with Gasteiger partial charge in [0.05, 0.1) is 12.3 Å². The second kappa shape index (κ2) is 3.22. The van der Waals surface area contributed by atoms with Gasteiger partial charge in [-0.1, -0.05) is 0 Å². The van der Waals surface area contributed by atoms with Gasteiger partial charge in [0.15, 0.2) is 11.5 Å². The molecule has 1 aliphatic carbocycles. The first-order chi connectivity index (χ1) is 7.33. The van der Waals surface area contributed by atoms with Crippen LogP contribution in [0, 0.1) is 5.92 Å². The van der Waals surface area contributed by atoms with Gasteiger partial charge in [-0.15, -0.1) is 0 Å². The number of nitrogen functional groups attached to an aromatic ring is 1. The summed E-state index contributed by atoms with van der Waals surface area (Å²) in [4.78, 5) is 0. The first-order valence-electron chi connectivity index (χ1n) is 5.15. The highest BCUT2D eigenvalue weighted by molar-refractivity contribution is 5.62. The molecule has 3 rings (SSSR count). The lowest BCUT2D eigenvalue weighted by molar-refractivity contribution is 0.173. The fourth-order valence-electron chi connectivity index (χ4n) is 1.56. The average Bonchev–Trinajstić information content (AvgIpc) is 2.94. The lowest BCUT2D eigenvalue weighted by Gasteiger charge is -2.08. The van der Waals surface area contributed by atoms with Crippen molar-refractivity contribution in [2.75, 3.05) is 19.1 Å². The Hall–Kier alpha value is -1.58. The monoisotopic (exact) mass is 207 g/mol. The first-order valence-corrected chi connectivity index (χ1v) is 5.15. The topological polar surface area (TPSA) is 53.7 Å². The third-order valence-corrected chi connectivity index (χ3v) is 2.68. The molecule has 0 saturated heterocycles. The summed E-state index contributed by atoms with van der Waals surface area (Å²) in [6.45, 7) is 1.02. The van der Waals surface area contributed by atoms with E-state index in [1.807, 2.05) is 0 Å². The predicted octanol–water partition coefficient (Wildman–Crippen LogP) is 1.79. The van der Waals surface area contributed by atoms with E-state index in [0.29, 0.717) is 17.2 Å². The quantitative estimate of drug-likeness (QED) is 0.768. The molecule has 0 spiro atoms. The number of rotatable bonds is 3. The Morgan fingerprint density at radius 2 is 2.00 bits per heavy atom. The van der Waals surface area contributed by atoms with Gasteiger partial charge in [-0.3, -0.25) is 0 Å². The van der Waals surface area contributed by atoms with Crippen LogP contribution >= 0.6 is 0 Å². The zero-order valence-corrected chi connectivity index (χ0v) is 8.36. The Morgan fingerprint density at radius 3 is 2.73 bits per heavy atom. The molecule has 1 aromatic carbocycles. The van der Waals surface area contributed by atoms with E-state index in [1.54, 1.807) is 12.1 Å². The minimum atomic E-state index is 0.265. The largest absolute Gasteiger partial charge is 0.491 e. The summed E-state index contributed by atoms with van der Waals surface area (Å²) in [6.07, 6.45) is 2.54. The number of anilines is 1. The van der Waals surface area contributed by atoms with Gasteiger partial charge >= 0.3 is 0 Å².